The number of benzene rings is 2. The first kappa shape index (κ1) is 16.8. The Hall–Kier alpha value is -2.69. The molecule has 4 nitrogen and oxygen atoms in total. The molecule has 5 heteroatoms. The molecule has 0 spiro atoms. The highest BCUT2D eigenvalue weighted by Gasteiger charge is 2.07. The summed E-state index contributed by atoms with van der Waals surface area (Å²) in [6, 6.07) is 19.9. The Labute approximate surface area is 156 Å². The second-order valence-corrected chi connectivity index (χ2v) is 6.95. The zero-order valence-electron chi connectivity index (χ0n) is 14.4. The van der Waals surface area contributed by atoms with Gasteiger partial charge in [0.1, 0.15) is 5.65 Å². The summed E-state index contributed by atoms with van der Waals surface area (Å²) in [6.45, 7) is 1.38. The molecule has 2 aromatic heterocycles. The van der Waals surface area contributed by atoms with Crippen LogP contribution in [0.25, 0.3) is 16.4 Å². The van der Waals surface area contributed by atoms with Crippen LogP contribution in [0.2, 0.25) is 5.02 Å². The Balaban J connectivity index is 1.55. The first-order valence-electron chi connectivity index (χ1n) is 8.42. The molecule has 0 radical (unpaired) electrons. The molecule has 4 aromatic rings. The molecule has 2 heterocycles. The zero-order valence-corrected chi connectivity index (χ0v) is 15.1. The maximum Gasteiger partial charge on any atom is 0.258 e. The van der Waals surface area contributed by atoms with Crippen LogP contribution in [0.1, 0.15) is 11.3 Å². The highest BCUT2D eigenvalue weighted by Crippen LogP contribution is 2.17. The van der Waals surface area contributed by atoms with E-state index < -0.39 is 0 Å². The van der Waals surface area contributed by atoms with Crippen molar-refractivity contribution in [3.05, 3.63) is 93.5 Å². The predicted octanol–water partition coefficient (Wildman–Crippen LogP) is 4.13. The van der Waals surface area contributed by atoms with Crippen LogP contribution in [-0.2, 0) is 13.1 Å². The van der Waals surface area contributed by atoms with Gasteiger partial charge in [-0.25, -0.2) is 4.98 Å². The summed E-state index contributed by atoms with van der Waals surface area (Å²) in [5.74, 6) is 0. The fourth-order valence-electron chi connectivity index (χ4n) is 3.19. The van der Waals surface area contributed by atoms with E-state index in [-0.39, 0.29) is 5.56 Å². The number of hydrogen-bond acceptors (Lipinski definition) is 3. The van der Waals surface area contributed by atoms with Gasteiger partial charge < -0.3 is 0 Å². The molecule has 26 heavy (non-hydrogen) atoms. The fraction of sp³-hybridized carbons (Fsp3) is 0.143. The average molecular weight is 364 g/mol. The molecule has 0 saturated heterocycles. The number of halogens is 1. The van der Waals surface area contributed by atoms with Gasteiger partial charge in [-0.3, -0.25) is 14.1 Å². The highest BCUT2D eigenvalue weighted by atomic mass is 35.5. The van der Waals surface area contributed by atoms with Gasteiger partial charge in [0.25, 0.3) is 5.56 Å². The minimum atomic E-state index is -0.119. The molecule has 0 aliphatic rings. The monoisotopic (exact) mass is 363 g/mol. The van der Waals surface area contributed by atoms with Crippen LogP contribution in [0.5, 0.6) is 0 Å². The zero-order chi connectivity index (χ0) is 18.1. The van der Waals surface area contributed by atoms with Crippen molar-refractivity contribution in [2.75, 3.05) is 7.05 Å². The van der Waals surface area contributed by atoms with E-state index in [0.29, 0.717) is 17.2 Å². The van der Waals surface area contributed by atoms with E-state index in [2.05, 4.69) is 46.3 Å². The van der Waals surface area contributed by atoms with E-state index in [1.54, 1.807) is 24.4 Å². The van der Waals surface area contributed by atoms with E-state index in [0.717, 1.165) is 12.2 Å². The van der Waals surface area contributed by atoms with E-state index in [1.807, 2.05) is 13.1 Å². The van der Waals surface area contributed by atoms with E-state index in [9.17, 15) is 4.79 Å². The van der Waals surface area contributed by atoms with Crippen LogP contribution in [0.15, 0.2) is 71.7 Å². The van der Waals surface area contributed by atoms with Crippen LogP contribution in [0.4, 0.5) is 0 Å². The van der Waals surface area contributed by atoms with Crippen molar-refractivity contribution >= 4 is 28.0 Å². The van der Waals surface area contributed by atoms with Gasteiger partial charge in [0.15, 0.2) is 0 Å². The summed E-state index contributed by atoms with van der Waals surface area (Å²) in [4.78, 5) is 19.0. The molecule has 0 aliphatic carbocycles. The largest absolute Gasteiger partial charge is 0.296 e. The number of rotatable bonds is 4. The fourth-order valence-corrected chi connectivity index (χ4v) is 3.35. The SMILES string of the molecule is CN(Cc1ccc2ccccc2c1)Cc1cc(=O)n2cc(Cl)ccc2n1. The Morgan fingerprint density at radius 2 is 1.81 bits per heavy atom. The summed E-state index contributed by atoms with van der Waals surface area (Å²) in [7, 11) is 2.03. The molecule has 0 fully saturated rings. The third-order valence-corrected chi connectivity index (χ3v) is 4.60. The Kier molecular flexibility index (Phi) is 4.45. The van der Waals surface area contributed by atoms with Gasteiger partial charge in [0.05, 0.1) is 10.7 Å². The van der Waals surface area contributed by atoms with Crippen molar-refractivity contribution in [2.24, 2.45) is 0 Å². The molecule has 0 amide bonds. The smallest absolute Gasteiger partial charge is 0.258 e. The molecule has 0 unspecified atom stereocenters. The molecular formula is C21H18ClN3O. The van der Waals surface area contributed by atoms with Gasteiger partial charge >= 0.3 is 0 Å². The van der Waals surface area contributed by atoms with Crippen molar-refractivity contribution in [2.45, 2.75) is 13.1 Å². The van der Waals surface area contributed by atoms with Crippen molar-refractivity contribution in [1.82, 2.24) is 14.3 Å². The van der Waals surface area contributed by atoms with Crippen LogP contribution in [0, 0.1) is 0 Å². The lowest BCUT2D eigenvalue weighted by Gasteiger charge is -2.17. The number of hydrogen-bond donors (Lipinski definition) is 0. The van der Waals surface area contributed by atoms with E-state index in [1.165, 1.54) is 20.7 Å². The van der Waals surface area contributed by atoms with Crippen molar-refractivity contribution in [3.63, 3.8) is 0 Å². The van der Waals surface area contributed by atoms with Crippen LogP contribution >= 0.6 is 11.6 Å². The lowest BCUT2D eigenvalue weighted by Crippen LogP contribution is -2.21. The van der Waals surface area contributed by atoms with Crippen LogP contribution in [0.3, 0.4) is 0 Å². The van der Waals surface area contributed by atoms with Crippen molar-refractivity contribution in [1.29, 1.82) is 0 Å². The molecule has 4 rings (SSSR count). The van der Waals surface area contributed by atoms with Crippen LogP contribution in [-0.4, -0.2) is 21.3 Å². The molecule has 0 atom stereocenters. The Bertz CT molecular complexity index is 1150. The number of aromatic nitrogens is 2. The standard InChI is InChI=1S/C21H18ClN3O/c1-24(12-15-6-7-16-4-2-3-5-17(16)10-15)14-19-11-21(26)25-13-18(22)8-9-20(25)23-19/h2-11,13H,12,14H2,1H3. The third kappa shape index (κ3) is 3.47. The quantitative estimate of drug-likeness (QED) is 0.547. The second-order valence-electron chi connectivity index (χ2n) is 6.52. The normalized spacial score (nSPS) is 11.5. The molecular weight excluding hydrogens is 346 g/mol. The van der Waals surface area contributed by atoms with Gasteiger partial charge in [-0.15, -0.1) is 0 Å². The second kappa shape index (κ2) is 6.90. The van der Waals surface area contributed by atoms with E-state index in [4.69, 9.17) is 11.6 Å². The Morgan fingerprint density at radius 3 is 2.65 bits per heavy atom. The van der Waals surface area contributed by atoms with Crippen LogP contribution < -0.4 is 5.56 Å². The summed E-state index contributed by atoms with van der Waals surface area (Å²) in [5, 5.41) is 2.99. The maximum atomic E-state index is 12.3. The minimum Gasteiger partial charge on any atom is -0.296 e. The molecule has 0 N–H and O–H groups in total. The summed E-state index contributed by atoms with van der Waals surface area (Å²) in [6.07, 6.45) is 1.59. The summed E-state index contributed by atoms with van der Waals surface area (Å²) < 4.78 is 1.47. The lowest BCUT2D eigenvalue weighted by atomic mass is 10.1. The molecule has 0 aliphatic heterocycles. The molecule has 0 bridgehead atoms. The summed E-state index contributed by atoms with van der Waals surface area (Å²) >= 11 is 5.95. The summed E-state index contributed by atoms with van der Waals surface area (Å²) in [5.41, 5.74) is 2.47. The maximum absolute atomic E-state index is 12.3. The topological polar surface area (TPSA) is 37.6 Å². The Morgan fingerprint density at radius 1 is 1.00 bits per heavy atom. The lowest BCUT2D eigenvalue weighted by molar-refractivity contribution is 0.315. The molecule has 2 aromatic carbocycles. The first-order valence-corrected chi connectivity index (χ1v) is 8.80. The van der Waals surface area contributed by atoms with Gasteiger partial charge in [-0.1, -0.05) is 48.0 Å². The number of fused-ring (bicyclic) bond motifs is 2. The number of pyridine rings is 1. The average Bonchev–Trinajstić information content (AvgIpc) is 2.62. The predicted molar refractivity (Wildman–Crippen MR) is 106 cm³/mol. The van der Waals surface area contributed by atoms with Crippen molar-refractivity contribution in [3.8, 4) is 0 Å². The van der Waals surface area contributed by atoms with Gasteiger partial charge in [-0.05, 0) is 41.6 Å². The van der Waals surface area contributed by atoms with E-state index >= 15 is 0 Å². The van der Waals surface area contributed by atoms with Gasteiger partial charge in [0, 0.05) is 25.4 Å². The number of nitrogens with zero attached hydrogens (tertiary/aromatic N) is 3. The van der Waals surface area contributed by atoms with Crippen molar-refractivity contribution < 1.29 is 0 Å². The minimum absolute atomic E-state index is 0.119. The molecule has 0 saturated carbocycles. The van der Waals surface area contributed by atoms with Gasteiger partial charge in [-0.2, -0.15) is 0 Å². The molecule has 130 valence electrons. The van der Waals surface area contributed by atoms with Gasteiger partial charge in [0.2, 0.25) is 0 Å². The third-order valence-electron chi connectivity index (χ3n) is 4.37. The first-order chi connectivity index (χ1) is 12.6. The highest BCUT2D eigenvalue weighted by molar-refractivity contribution is 6.30.